The third kappa shape index (κ3) is 3.96. The topological polar surface area (TPSA) is 47.6 Å². The lowest BCUT2D eigenvalue weighted by Crippen LogP contribution is -2.39. The summed E-state index contributed by atoms with van der Waals surface area (Å²) >= 11 is 5.95. The lowest BCUT2D eigenvalue weighted by molar-refractivity contribution is -0.127. The zero-order valence-electron chi connectivity index (χ0n) is 12.8. The van der Waals surface area contributed by atoms with E-state index in [0.29, 0.717) is 24.6 Å². The summed E-state index contributed by atoms with van der Waals surface area (Å²) < 4.78 is 11.2. The van der Waals surface area contributed by atoms with Gasteiger partial charge in [-0.1, -0.05) is 29.3 Å². The highest BCUT2D eigenvalue weighted by atomic mass is 35.5. The highest BCUT2D eigenvalue weighted by Crippen LogP contribution is 2.31. The maximum absolute atomic E-state index is 12.1. The number of benzene rings is 2. The van der Waals surface area contributed by atoms with Crippen LogP contribution in [0.15, 0.2) is 42.5 Å². The van der Waals surface area contributed by atoms with Crippen molar-refractivity contribution < 1.29 is 14.3 Å². The molecule has 2 aromatic rings. The van der Waals surface area contributed by atoms with Gasteiger partial charge in [-0.05, 0) is 42.8 Å². The Kier molecular flexibility index (Phi) is 4.72. The van der Waals surface area contributed by atoms with E-state index in [1.807, 2.05) is 37.3 Å². The van der Waals surface area contributed by atoms with E-state index in [2.05, 4.69) is 5.32 Å². The van der Waals surface area contributed by atoms with Crippen molar-refractivity contribution in [3.63, 3.8) is 0 Å². The monoisotopic (exact) mass is 331 g/mol. The zero-order chi connectivity index (χ0) is 16.2. The van der Waals surface area contributed by atoms with Gasteiger partial charge in [0.2, 0.25) is 0 Å². The Morgan fingerprint density at radius 1 is 1.30 bits per heavy atom. The van der Waals surface area contributed by atoms with Crippen LogP contribution in [0.3, 0.4) is 0 Å². The SMILES string of the molecule is Cc1ccc(OCCNC(=O)[C@H]2Cc3cc(Cl)ccc3O2)cc1. The molecule has 5 heteroatoms. The molecule has 1 aliphatic heterocycles. The number of halogens is 1. The van der Waals surface area contributed by atoms with Gasteiger partial charge < -0.3 is 14.8 Å². The van der Waals surface area contributed by atoms with Crippen LogP contribution in [0.1, 0.15) is 11.1 Å². The second kappa shape index (κ2) is 6.92. The number of carbonyl (C=O) groups is 1. The van der Waals surface area contributed by atoms with E-state index in [1.165, 1.54) is 5.56 Å². The van der Waals surface area contributed by atoms with E-state index < -0.39 is 6.10 Å². The number of carbonyl (C=O) groups excluding carboxylic acids is 1. The number of rotatable bonds is 5. The van der Waals surface area contributed by atoms with Crippen LogP contribution in [-0.2, 0) is 11.2 Å². The molecule has 23 heavy (non-hydrogen) atoms. The van der Waals surface area contributed by atoms with Gasteiger partial charge in [0.05, 0.1) is 6.54 Å². The molecule has 120 valence electrons. The van der Waals surface area contributed by atoms with Crippen LogP contribution in [0, 0.1) is 6.92 Å². The van der Waals surface area contributed by atoms with Gasteiger partial charge in [-0.3, -0.25) is 4.79 Å². The normalized spacial score (nSPS) is 15.7. The summed E-state index contributed by atoms with van der Waals surface area (Å²) in [6, 6.07) is 13.2. The van der Waals surface area contributed by atoms with Crippen LogP contribution in [0.4, 0.5) is 0 Å². The number of fused-ring (bicyclic) bond motifs is 1. The largest absolute Gasteiger partial charge is 0.492 e. The van der Waals surface area contributed by atoms with E-state index in [4.69, 9.17) is 21.1 Å². The lowest BCUT2D eigenvalue weighted by Gasteiger charge is -2.12. The zero-order valence-corrected chi connectivity index (χ0v) is 13.6. The fourth-order valence-corrected chi connectivity index (χ4v) is 2.65. The summed E-state index contributed by atoms with van der Waals surface area (Å²) in [7, 11) is 0. The van der Waals surface area contributed by atoms with Gasteiger partial charge >= 0.3 is 0 Å². The highest BCUT2D eigenvalue weighted by molar-refractivity contribution is 6.30. The average molecular weight is 332 g/mol. The maximum Gasteiger partial charge on any atom is 0.261 e. The van der Waals surface area contributed by atoms with E-state index in [9.17, 15) is 4.79 Å². The van der Waals surface area contributed by atoms with Gasteiger partial charge in [-0.25, -0.2) is 0 Å². The summed E-state index contributed by atoms with van der Waals surface area (Å²) in [5, 5.41) is 3.49. The fraction of sp³-hybridized carbons (Fsp3) is 0.278. The Bertz CT molecular complexity index is 700. The number of ether oxygens (including phenoxy) is 2. The molecule has 1 atom stereocenters. The van der Waals surface area contributed by atoms with Gasteiger partial charge in [-0.15, -0.1) is 0 Å². The Hall–Kier alpha value is -2.20. The molecular formula is C18H18ClNO3. The first kappa shape index (κ1) is 15.7. The van der Waals surface area contributed by atoms with E-state index in [-0.39, 0.29) is 5.91 Å². The van der Waals surface area contributed by atoms with Crippen molar-refractivity contribution in [2.24, 2.45) is 0 Å². The van der Waals surface area contributed by atoms with Crippen LogP contribution in [-0.4, -0.2) is 25.2 Å². The quantitative estimate of drug-likeness (QED) is 0.856. The summed E-state index contributed by atoms with van der Waals surface area (Å²) in [6.45, 7) is 2.88. The van der Waals surface area contributed by atoms with Crippen molar-refractivity contribution in [1.82, 2.24) is 5.32 Å². The second-order valence-electron chi connectivity index (χ2n) is 5.52. The van der Waals surface area contributed by atoms with Crippen LogP contribution >= 0.6 is 11.6 Å². The van der Waals surface area contributed by atoms with Crippen LogP contribution in [0.5, 0.6) is 11.5 Å². The Morgan fingerprint density at radius 2 is 2.09 bits per heavy atom. The molecule has 0 aliphatic carbocycles. The van der Waals surface area contributed by atoms with E-state index in [1.54, 1.807) is 12.1 Å². The number of nitrogens with one attached hydrogen (secondary N) is 1. The van der Waals surface area contributed by atoms with Gasteiger partial charge in [-0.2, -0.15) is 0 Å². The highest BCUT2D eigenvalue weighted by Gasteiger charge is 2.28. The number of hydrogen-bond donors (Lipinski definition) is 1. The van der Waals surface area contributed by atoms with Crippen molar-refractivity contribution in [2.45, 2.75) is 19.4 Å². The molecule has 0 radical (unpaired) electrons. The molecule has 1 heterocycles. The molecule has 0 unspecified atom stereocenters. The minimum atomic E-state index is -0.497. The molecule has 3 rings (SSSR count). The predicted octanol–water partition coefficient (Wildman–Crippen LogP) is 3.15. The summed E-state index contributed by atoms with van der Waals surface area (Å²) in [5.74, 6) is 1.39. The summed E-state index contributed by atoms with van der Waals surface area (Å²) in [6.07, 6.45) is 0.0448. The fourth-order valence-electron chi connectivity index (χ4n) is 2.45. The Balaban J connectivity index is 1.43. The smallest absolute Gasteiger partial charge is 0.261 e. The third-order valence-corrected chi connectivity index (χ3v) is 3.92. The second-order valence-corrected chi connectivity index (χ2v) is 5.95. The molecule has 1 N–H and O–H groups in total. The molecule has 2 aromatic carbocycles. The van der Waals surface area contributed by atoms with Crippen molar-refractivity contribution in [3.8, 4) is 11.5 Å². The molecule has 0 bridgehead atoms. The minimum absolute atomic E-state index is 0.134. The maximum atomic E-state index is 12.1. The number of aryl methyl sites for hydroxylation is 1. The Labute approximate surface area is 140 Å². The molecule has 0 aromatic heterocycles. The molecule has 1 amide bonds. The van der Waals surface area contributed by atoms with Crippen molar-refractivity contribution in [3.05, 3.63) is 58.6 Å². The van der Waals surface area contributed by atoms with Gasteiger partial charge in [0.15, 0.2) is 6.10 Å². The molecule has 0 fully saturated rings. The molecule has 0 saturated carbocycles. The standard InChI is InChI=1S/C18H18ClNO3/c1-12-2-5-15(6-3-12)22-9-8-20-18(21)17-11-13-10-14(19)4-7-16(13)23-17/h2-7,10,17H,8-9,11H2,1H3,(H,20,21)/t17-/m1/s1. The molecular weight excluding hydrogens is 314 g/mol. The van der Waals surface area contributed by atoms with Crippen molar-refractivity contribution in [2.75, 3.05) is 13.2 Å². The average Bonchev–Trinajstić information content (AvgIpc) is 2.96. The predicted molar refractivity (Wildman–Crippen MR) is 89.3 cm³/mol. The van der Waals surface area contributed by atoms with E-state index in [0.717, 1.165) is 17.1 Å². The molecule has 1 aliphatic rings. The van der Waals surface area contributed by atoms with Gasteiger partial charge in [0.25, 0.3) is 5.91 Å². The number of amides is 1. The molecule has 4 nitrogen and oxygen atoms in total. The molecule has 0 saturated heterocycles. The van der Waals surface area contributed by atoms with Gasteiger partial charge in [0.1, 0.15) is 18.1 Å². The first-order valence-electron chi connectivity index (χ1n) is 7.54. The first-order chi connectivity index (χ1) is 11.1. The summed E-state index contributed by atoms with van der Waals surface area (Å²) in [4.78, 5) is 12.1. The first-order valence-corrected chi connectivity index (χ1v) is 7.92. The lowest BCUT2D eigenvalue weighted by atomic mass is 10.1. The minimum Gasteiger partial charge on any atom is -0.492 e. The third-order valence-electron chi connectivity index (χ3n) is 3.68. The molecule has 0 spiro atoms. The Morgan fingerprint density at radius 3 is 2.87 bits per heavy atom. The summed E-state index contributed by atoms with van der Waals surface area (Å²) in [5.41, 5.74) is 2.15. The van der Waals surface area contributed by atoms with Gasteiger partial charge in [0, 0.05) is 11.4 Å². The van der Waals surface area contributed by atoms with Crippen molar-refractivity contribution in [1.29, 1.82) is 0 Å². The van der Waals surface area contributed by atoms with Crippen molar-refractivity contribution >= 4 is 17.5 Å². The van der Waals surface area contributed by atoms with Crippen LogP contribution < -0.4 is 14.8 Å². The van der Waals surface area contributed by atoms with Crippen LogP contribution in [0.2, 0.25) is 5.02 Å². The van der Waals surface area contributed by atoms with Crippen LogP contribution in [0.25, 0.3) is 0 Å². The number of hydrogen-bond acceptors (Lipinski definition) is 3. The van der Waals surface area contributed by atoms with E-state index >= 15 is 0 Å².